The third kappa shape index (κ3) is 6.17. The van der Waals surface area contributed by atoms with Crippen LogP contribution in [0.3, 0.4) is 0 Å². The van der Waals surface area contributed by atoms with Gasteiger partial charge in [-0.2, -0.15) is 13.2 Å². The van der Waals surface area contributed by atoms with E-state index in [1.807, 2.05) is 0 Å². The summed E-state index contributed by atoms with van der Waals surface area (Å²) in [7, 11) is 0. The van der Waals surface area contributed by atoms with Gasteiger partial charge in [0.1, 0.15) is 5.75 Å². The molecule has 0 aliphatic carbocycles. The van der Waals surface area contributed by atoms with E-state index in [0.717, 1.165) is 0 Å². The van der Waals surface area contributed by atoms with Gasteiger partial charge in [-0.3, -0.25) is 4.90 Å². The fraction of sp³-hybridized carbons (Fsp3) is 0.538. The van der Waals surface area contributed by atoms with Crippen LogP contribution in [0.15, 0.2) is 19.5 Å². The maximum Gasteiger partial charge on any atom is 0.390 e. The van der Waals surface area contributed by atoms with Gasteiger partial charge in [-0.15, -0.1) is 24.8 Å². The second-order valence-corrected chi connectivity index (χ2v) is 7.54. The van der Waals surface area contributed by atoms with Crippen molar-refractivity contribution < 1.29 is 18.3 Å². The summed E-state index contributed by atoms with van der Waals surface area (Å²) in [5.41, 5.74) is 0.417. The van der Waals surface area contributed by atoms with E-state index < -0.39 is 18.6 Å². The van der Waals surface area contributed by atoms with Crippen LogP contribution in [0.25, 0.3) is 0 Å². The van der Waals surface area contributed by atoms with Crippen molar-refractivity contribution in [2.24, 2.45) is 0 Å². The molecule has 2 N–H and O–H groups in total. The molecule has 1 aromatic carbocycles. The molecule has 0 bridgehead atoms. The Kier molecular flexibility index (Phi) is 10.5. The molecule has 0 unspecified atom stereocenters. The minimum atomic E-state index is -4.29. The molecule has 0 amide bonds. The summed E-state index contributed by atoms with van der Waals surface area (Å²) in [6.45, 7) is 2.34. The summed E-state index contributed by atoms with van der Waals surface area (Å²) in [5.74, 6) is -0.0968. The lowest BCUT2D eigenvalue weighted by Crippen LogP contribution is -2.46. The lowest BCUT2D eigenvalue weighted by molar-refractivity contribution is -0.148. The quantitative estimate of drug-likeness (QED) is 0.499. The minimum Gasteiger partial charge on any atom is -0.506 e. The van der Waals surface area contributed by atoms with Gasteiger partial charge in [-0.05, 0) is 37.9 Å². The molecule has 1 saturated heterocycles. The summed E-state index contributed by atoms with van der Waals surface area (Å²) < 4.78 is 40.4. The number of rotatable bonds is 3. The van der Waals surface area contributed by atoms with Crippen LogP contribution in [0.2, 0.25) is 0 Å². The van der Waals surface area contributed by atoms with Crippen LogP contribution in [0.5, 0.6) is 5.75 Å². The minimum absolute atomic E-state index is 0. The highest BCUT2D eigenvalue weighted by molar-refractivity contribution is 9.11. The highest BCUT2D eigenvalue weighted by Gasteiger charge is 2.38. The Morgan fingerprint density at radius 2 is 1.67 bits per heavy atom. The molecular weight excluding hydrogens is 568 g/mol. The number of nitrogens with zero attached hydrogens (tertiary/aromatic N) is 1. The van der Waals surface area contributed by atoms with E-state index in [2.05, 4.69) is 53.1 Å². The average Bonchev–Trinajstić information content (AvgIpc) is 2.43. The van der Waals surface area contributed by atoms with Gasteiger partial charge in [0.05, 0.1) is 15.4 Å². The molecule has 0 spiro atoms. The zero-order chi connectivity index (χ0) is 16.5. The summed E-state index contributed by atoms with van der Waals surface area (Å²) in [6.07, 6.45) is -5.26. The molecule has 2 rings (SSSR count). The van der Waals surface area contributed by atoms with Crippen molar-refractivity contribution in [2.75, 3.05) is 26.2 Å². The van der Waals surface area contributed by atoms with Crippen LogP contribution < -0.4 is 5.32 Å². The Bertz CT molecular complexity index is 558. The smallest absolute Gasteiger partial charge is 0.390 e. The molecule has 1 fully saturated rings. The van der Waals surface area contributed by atoms with Gasteiger partial charge < -0.3 is 10.4 Å². The first-order valence-electron chi connectivity index (χ1n) is 6.58. The van der Waals surface area contributed by atoms with E-state index in [9.17, 15) is 18.3 Å². The number of hydrogen-bond acceptors (Lipinski definition) is 3. The van der Waals surface area contributed by atoms with Gasteiger partial charge in [0.25, 0.3) is 0 Å². The Labute approximate surface area is 175 Å². The van der Waals surface area contributed by atoms with Gasteiger partial charge in [-0.1, -0.05) is 15.9 Å². The maximum atomic E-state index is 13.0. The predicted molar refractivity (Wildman–Crippen MR) is 104 cm³/mol. The monoisotopic (exact) mass is 580 g/mol. The Balaban J connectivity index is 0.00000264. The number of nitrogens with one attached hydrogen (secondary N) is 1. The van der Waals surface area contributed by atoms with E-state index in [1.54, 1.807) is 11.0 Å². The molecule has 0 aromatic heterocycles. The van der Waals surface area contributed by atoms with Crippen molar-refractivity contribution >= 4 is 72.6 Å². The Morgan fingerprint density at radius 3 is 2.17 bits per heavy atom. The van der Waals surface area contributed by atoms with E-state index >= 15 is 0 Å². The standard InChI is InChI=1S/C13H14Br3F3N2O.2ClH/c14-7-5-8(15)12(22)11(16)10(7)9(6-13(17,18)19)21-3-1-20-2-4-21;;/h5,9,20,22H,1-4,6H2;2*1H/t9-;;/m1../s1. The zero-order valence-corrected chi connectivity index (χ0v) is 18.6. The molecule has 1 atom stereocenters. The highest BCUT2D eigenvalue weighted by Crippen LogP contribution is 2.46. The number of benzene rings is 1. The van der Waals surface area contributed by atoms with Crippen molar-refractivity contribution in [3.63, 3.8) is 0 Å². The number of phenolic OH excluding ortho intramolecular Hbond substituents is 1. The number of phenols is 1. The van der Waals surface area contributed by atoms with Crippen LogP contribution in [0.4, 0.5) is 13.2 Å². The molecular formula is C13H16Br3Cl2F3N2O. The predicted octanol–water partition coefficient (Wildman–Crippen LogP) is 5.42. The normalized spacial score (nSPS) is 16.9. The summed E-state index contributed by atoms with van der Waals surface area (Å²) in [5, 5.41) is 13.2. The van der Waals surface area contributed by atoms with Crippen molar-refractivity contribution in [2.45, 2.75) is 18.6 Å². The van der Waals surface area contributed by atoms with E-state index in [-0.39, 0.29) is 35.0 Å². The van der Waals surface area contributed by atoms with Crippen LogP contribution in [-0.2, 0) is 0 Å². The third-order valence-electron chi connectivity index (χ3n) is 3.53. The summed E-state index contributed by atoms with van der Waals surface area (Å²) in [6, 6.07) is 0.714. The maximum absolute atomic E-state index is 13.0. The van der Waals surface area contributed by atoms with Crippen molar-refractivity contribution in [1.29, 1.82) is 0 Å². The Hall–Kier alpha value is 0.750. The number of piperazine rings is 1. The van der Waals surface area contributed by atoms with Crippen molar-refractivity contribution in [1.82, 2.24) is 10.2 Å². The Morgan fingerprint density at radius 1 is 1.12 bits per heavy atom. The van der Waals surface area contributed by atoms with Gasteiger partial charge in [0.15, 0.2) is 0 Å². The average molecular weight is 584 g/mol. The van der Waals surface area contributed by atoms with Crippen molar-refractivity contribution in [3.8, 4) is 5.75 Å². The zero-order valence-electron chi connectivity index (χ0n) is 12.2. The van der Waals surface area contributed by atoms with Crippen molar-refractivity contribution in [3.05, 3.63) is 25.0 Å². The van der Waals surface area contributed by atoms with Gasteiger partial charge in [0.2, 0.25) is 0 Å². The topological polar surface area (TPSA) is 35.5 Å². The lowest BCUT2D eigenvalue weighted by Gasteiger charge is -2.36. The molecule has 11 heteroatoms. The van der Waals surface area contributed by atoms with Crippen LogP contribution in [0, 0.1) is 0 Å². The largest absolute Gasteiger partial charge is 0.506 e. The fourth-order valence-corrected chi connectivity index (χ4v) is 5.18. The number of aromatic hydroxyl groups is 1. The van der Waals surface area contributed by atoms with Gasteiger partial charge in [-0.25, -0.2) is 0 Å². The number of hydrogen-bond donors (Lipinski definition) is 2. The molecule has 0 radical (unpaired) electrons. The first-order chi connectivity index (χ1) is 10.2. The van der Waals surface area contributed by atoms with Crippen LogP contribution in [-0.4, -0.2) is 42.4 Å². The van der Waals surface area contributed by atoms with E-state index in [0.29, 0.717) is 40.7 Å². The summed E-state index contributed by atoms with van der Waals surface area (Å²) in [4.78, 5) is 1.79. The summed E-state index contributed by atoms with van der Waals surface area (Å²) >= 11 is 9.74. The number of halogens is 8. The molecule has 24 heavy (non-hydrogen) atoms. The van der Waals surface area contributed by atoms with Crippen LogP contribution in [0.1, 0.15) is 18.0 Å². The first-order valence-corrected chi connectivity index (χ1v) is 8.96. The molecule has 1 aromatic rings. The van der Waals surface area contributed by atoms with Crippen LogP contribution >= 0.6 is 72.6 Å². The molecule has 1 aliphatic rings. The second kappa shape index (κ2) is 10.2. The third-order valence-corrected chi connectivity index (χ3v) is 5.60. The molecule has 3 nitrogen and oxygen atoms in total. The number of alkyl halides is 3. The second-order valence-electron chi connectivity index (χ2n) is 5.04. The van der Waals surface area contributed by atoms with Gasteiger partial charge in [0, 0.05) is 42.3 Å². The molecule has 0 saturated carbocycles. The molecule has 1 heterocycles. The van der Waals surface area contributed by atoms with E-state index in [4.69, 9.17) is 0 Å². The highest BCUT2D eigenvalue weighted by atomic mass is 79.9. The first kappa shape index (κ1) is 24.8. The van der Waals surface area contributed by atoms with Gasteiger partial charge >= 0.3 is 6.18 Å². The molecule has 1 aliphatic heterocycles. The fourth-order valence-electron chi connectivity index (χ4n) is 2.53. The lowest BCUT2D eigenvalue weighted by atomic mass is 10.0. The van der Waals surface area contributed by atoms with E-state index in [1.165, 1.54) is 0 Å². The SMILES string of the molecule is Cl.Cl.Oc1c(Br)cc(Br)c([C@@H](CC(F)(F)F)N2CCNCC2)c1Br. The molecule has 140 valence electrons.